The van der Waals surface area contributed by atoms with Crippen LogP contribution in [0.15, 0.2) is 78.9 Å². The minimum atomic E-state index is -1.04. The van der Waals surface area contributed by atoms with E-state index in [4.69, 9.17) is 33.2 Å². The second kappa shape index (κ2) is 15.7. The van der Waals surface area contributed by atoms with Crippen molar-refractivity contribution in [3.63, 3.8) is 0 Å². The van der Waals surface area contributed by atoms with Crippen molar-refractivity contribution in [3.05, 3.63) is 95.6 Å². The Hall–Kier alpha value is -3.02. The van der Waals surface area contributed by atoms with Crippen molar-refractivity contribution < 1.29 is 43.4 Å². The third-order valence-corrected chi connectivity index (χ3v) is 6.56. The van der Waals surface area contributed by atoms with Gasteiger partial charge in [-0.1, -0.05) is 54.6 Å². The van der Waals surface area contributed by atoms with Gasteiger partial charge in [-0.25, -0.2) is 0 Å². The highest BCUT2D eigenvalue weighted by molar-refractivity contribution is 5.27. The van der Waals surface area contributed by atoms with E-state index in [2.05, 4.69) is 0 Å². The van der Waals surface area contributed by atoms with Crippen molar-refractivity contribution in [2.75, 3.05) is 34.0 Å². The van der Waals surface area contributed by atoms with Crippen LogP contribution in [0.1, 0.15) is 16.7 Å². The first-order valence-corrected chi connectivity index (χ1v) is 13.3. The van der Waals surface area contributed by atoms with E-state index in [0.717, 1.165) is 28.2 Å². The van der Waals surface area contributed by atoms with Gasteiger partial charge >= 0.3 is 0 Å². The van der Waals surface area contributed by atoms with E-state index in [9.17, 15) is 10.2 Å². The molecule has 0 aromatic heterocycles. The Balaban J connectivity index is 1.53. The van der Waals surface area contributed by atoms with Crippen LogP contribution in [0.3, 0.4) is 0 Å². The SMILES string of the molecule is COc1ccc(CO[C@@H]2[C@@H](OCc3ccccc3)[C@@H](OC[C@H](O)CO)OC[C@H]2OCc2ccc(OC)cc2)cc1. The summed E-state index contributed by atoms with van der Waals surface area (Å²) in [6.45, 7) is 0.580. The Morgan fingerprint density at radius 3 is 1.77 bits per heavy atom. The number of methoxy groups -OCH3 is 2. The Bertz CT molecular complexity index is 1110. The van der Waals surface area contributed by atoms with Crippen molar-refractivity contribution in [3.8, 4) is 11.5 Å². The number of ether oxygens (including phenoxy) is 7. The molecule has 1 aliphatic heterocycles. The molecule has 9 nitrogen and oxygen atoms in total. The molecule has 40 heavy (non-hydrogen) atoms. The zero-order valence-electron chi connectivity index (χ0n) is 22.9. The molecular weight excluding hydrogens is 516 g/mol. The molecule has 0 radical (unpaired) electrons. The molecule has 1 fully saturated rings. The first-order valence-electron chi connectivity index (χ1n) is 13.3. The quantitative estimate of drug-likeness (QED) is 0.292. The van der Waals surface area contributed by atoms with Crippen LogP contribution >= 0.6 is 0 Å². The van der Waals surface area contributed by atoms with Crippen LogP contribution in [0.5, 0.6) is 11.5 Å². The molecule has 3 aromatic rings. The van der Waals surface area contributed by atoms with Gasteiger partial charge in [0.25, 0.3) is 0 Å². The van der Waals surface area contributed by atoms with Crippen LogP contribution in [0.4, 0.5) is 0 Å². The molecule has 0 aliphatic carbocycles. The highest BCUT2D eigenvalue weighted by Crippen LogP contribution is 2.28. The maximum absolute atomic E-state index is 9.90. The minimum absolute atomic E-state index is 0.116. The van der Waals surface area contributed by atoms with Crippen LogP contribution in [-0.4, -0.2) is 75.0 Å². The summed E-state index contributed by atoms with van der Waals surface area (Å²) in [5, 5.41) is 19.2. The second-order valence-corrected chi connectivity index (χ2v) is 9.45. The standard InChI is InChI=1S/C31H38O9/c1-34-26-12-8-23(9-13-26)17-36-28-21-40-31(39-20-25(33)16-32)30(38-18-22-6-4-3-5-7-22)29(28)37-19-24-10-14-27(35-2)15-11-24/h3-15,25,28-33H,16-21H2,1-2H3/t25-,28-,29+,30-,31+/m1/s1. The third kappa shape index (κ3) is 8.74. The lowest BCUT2D eigenvalue weighted by atomic mass is 10.0. The molecular formula is C31H38O9. The van der Waals surface area contributed by atoms with Crippen LogP contribution in [-0.2, 0) is 43.5 Å². The highest BCUT2D eigenvalue weighted by Gasteiger charge is 2.44. The largest absolute Gasteiger partial charge is 0.497 e. The molecule has 4 rings (SSSR count). The third-order valence-electron chi connectivity index (χ3n) is 6.56. The van der Waals surface area contributed by atoms with Gasteiger partial charge in [0.2, 0.25) is 0 Å². The Kier molecular flexibility index (Phi) is 11.7. The van der Waals surface area contributed by atoms with E-state index in [1.807, 2.05) is 78.9 Å². The Labute approximate surface area is 235 Å². The summed E-state index contributed by atoms with van der Waals surface area (Å²) in [5.41, 5.74) is 2.91. The maximum Gasteiger partial charge on any atom is 0.186 e. The number of benzene rings is 3. The molecule has 0 bridgehead atoms. The van der Waals surface area contributed by atoms with E-state index < -0.39 is 37.3 Å². The monoisotopic (exact) mass is 554 g/mol. The zero-order chi connectivity index (χ0) is 28.2. The normalized spacial score (nSPS) is 21.6. The maximum atomic E-state index is 9.90. The van der Waals surface area contributed by atoms with Gasteiger partial charge in [-0.05, 0) is 41.0 Å². The minimum Gasteiger partial charge on any atom is -0.497 e. The highest BCUT2D eigenvalue weighted by atomic mass is 16.7. The zero-order valence-corrected chi connectivity index (χ0v) is 22.9. The van der Waals surface area contributed by atoms with Gasteiger partial charge in [-0.15, -0.1) is 0 Å². The second-order valence-electron chi connectivity index (χ2n) is 9.45. The van der Waals surface area contributed by atoms with Crippen molar-refractivity contribution >= 4 is 0 Å². The van der Waals surface area contributed by atoms with Crippen LogP contribution in [0, 0.1) is 0 Å². The lowest BCUT2D eigenvalue weighted by Gasteiger charge is -2.42. The van der Waals surface area contributed by atoms with E-state index in [0.29, 0.717) is 19.8 Å². The smallest absolute Gasteiger partial charge is 0.186 e. The lowest BCUT2D eigenvalue weighted by molar-refractivity contribution is -0.303. The summed E-state index contributed by atoms with van der Waals surface area (Å²) in [7, 11) is 3.25. The summed E-state index contributed by atoms with van der Waals surface area (Å²) in [4.78, 5) is 0. The fourth-order valence-electron chi connectivity index (χ4n) is 4.27. The molecule has 1 saturated heterocycles. The molecule has 2 N–H and O–H groups in total. The Morgan fingerprint density at radius 2 is 1.23 bits per heavy atom. The van der Waals surface area contributed by atoms with Crippen molar-refractivity contribution in [1.82, 2.24) is 0 Å². The topological polar surface area (TPSA) is 105 Å². The number of aliphatic hydroxyl groups is 2. The van der Waals surface area contributed by atoms with Gasteiger partial charge in [0, 0.05) is 0 Å². The van der Waals surface area contributed by atoms with Gasteiger partial charge in [-0.3, -0.25) is 0 Å². The first-order chi connectivity index (χ1) is 19.6. The Morgan fingerprint density at radius 1 is 0.700 bits per heavy atom. The number of aliphatic hydroxyl groups excluding tert-OH is 2. The number of hydrogen-bond acceptors (Lipinski definition) is 9. The summed E-state index contributed by atoms with van der Waals surface area (Å²) >= 11 is 0. The van der Waals surface area contributed by atoms with Crippen LogP contribution < -0.4 is 9.47 Å². The van der Waals surface area contributed by atoms with E-state index in [1.54, 1.807) is 14.2 Å². The van der Waals surface area contributed by atoms with Gasteiger partial charge < -0.3 is 43.4 Å². The van der Waals surface area contributed by atoms with Crippen LogP contribution in [0.25, 0.3) is 0 Å². The number of rotatable bonds is 15. The molecule has 0 spiro atoms. The van der Waals surface area contributed by atoms with Crippen LogP contribution in [0.2, 0.25) is 0 Å². The lowest BCUT2D eigenvalue weighted by Crippen LogP contribution is -2.57. The fraction of sp³-hybridized carbons (Fsp3) is 0.419. The van der Waals surface area contributed by atoms with E-state index >= 15 is 0 Å². The fourth-order valence-corrected chi connectivity index (χ4v) is 4.27. The molecule has 216 valence electrons. The summed E-state index contributed by atoms with van der Waals surface area (Å²) < 4.78 is 41.6. The van der Waals surface area contributed by atoms with Crippen molar-refractivity contribution in [2.45, 2.75) is 50.5 Å². The summed E-state index contributed by atoms with van der Waals surface area (Å²) in [5.74, 6) is 1.53. The predicted octanol–water partition coefficient (Wildman–Crippen LogP) is 3.49. The predicted molar refractivity (Wildman–Crippen MR) is 147 cm³/mol. The first kappa shape index (κ1) is 30.0. The molecule has 0 amide bonds. The van der Waals surface area contributed by atoms with E-state index in [-0.39, 0.29) is 13.2 Å². The molecule has 9 heteroatoms. The molecule has 3 aromatic carbocycles. The average molecular weight is 555 g/mol. The average Bonchev–Trinajstić information content (AvgIpc) is 3.02. The molecule has 1 aliphatic rings. The van der Waals surface area contributed by atoms with E-state index in [1.165, 1.54) is 0 Å². The van der Waals surface area contributed by atoms with Crippen molar-refractivity contribution in [2.24, 2.45) is 0 Å². The molecule has 0 saturated carbocycles. The summed E-state index contributed by atoms with van der Waals surface area (Å²) in [6.07, 6.45) is -3.59. The number of hydrogen-bond donors (Lipinski definition) is 2. The van der Waals surface area contributed by atoms with Gasteiger partial charge in [-0.2, -0.15) is 0 Å². The molecule has 5 atom stereocenters. The molecule has 0 unspecified atom stereocenters. The van der Waals surface area contributed by atoms with Gasteiger partial charge in [0.15, 0.2) is 6.29 Å². The van der Waals surface area contributed by atoms with Gasteiger partial charge in [0.1, 0.15) is 35.9 Å². The van der Waals surface area contributed by atoms with Crippen molar-refractivity contribution in [1.29, 1.82) is 0 Å². The summed E-state index contributed by atoms with van der Waals surface area (Å²) in [6, 6.07) is 25.1. The molecule has 1 heterocycles. The van der Waals surface area contributed by atoms with Gasteiger partial charge in [0.05, 0.1) is 53.9 Å².